The fourth-order valence-electron chi connectivity index (χ4n) is 1.50. The molecular weight excluding hydrogens is 160 g/mol. The van der Waals surface area contributed by atoms with Crippen LogP contribution in [-0.4, -0.2) is 38.1 Å². The molecule has 0 aliphatic carbocycles. The smallest absolute Gasteiger partial charge is 0.00791 e. The summed E-state index contributed by atoms with van der Waals surface area (Å²) in [5.41, 5.74) is 0. The lowest BCUT2D eigenvalue weighted by molar-refractivity contribution is 0.348. The second-order valence-corrected chi connectivity index (χ2v) is 3.99. The number of nitrogens with zero attached hydrogens (tertiary/aromatic N) is 1. The lowest BCUT2D eigenvalue weighted by Crippen LogP contribution is -2.32. The second-order valence-electron chi connectivity index (χ2n) is 3.99. The van der Waals surface area contributed by atoms with E-state index in [1.165, 1.54) is 32.2 Å². The van der Waals surface area contributed by atoms with Gasteiger partial charge >= 0.3 is 0 Å². The summed E-state index contributed by atoms with van der Waals surface area (Å²) in [5, 5.41) is 3.55. The summed E-state index contributed by atoms with van der Waals surface area (Å²) in [5.74, 6) is 0. The van der Waals surface area contributed by atoms with Crippen LogP contribution in [0.2, 0.25) is 0 Å². The van der Waals surface area contributed by atoms with Gasteiger partial charge in [0, 0.05) is 6.04 Å². The van der Waals surface area contributed by atoms with Crippen molar-refractivity contribution in [2.45, 2.75) is 45.6 Å². The first kappa shape index (κ1) is 12.9. The Bertz CT molecular complexity index is 102. The van der Waals surface area contributed by atoms with Gasteiger partial charge in [0.2, 0.25) is 0 Å². The van der Waals surface area contributed by atoms with Crippen molar-refractivity contribution in [3.05, 3.63) is 0 Å². The van der Waals surface area contributed by atoms with Crippen molar-refractivity contribution in [3.63, 3.8) is 0 Å². The van der Waals surface area contributed by atoms with Crippen LogP contribution in [0.1, 0.15) is 39.5 Å². The highest BCUT2D eigenvalue weighted by Gasteiger charge is 2.06. The van der Waals surface area contributed by atoms with Crippen molar-refractivity contribution in [1.29, 1.82) is 0 Å². The molecule has 0 aromatic carbocycles. The summed E-state index contributed by atoms with van der Waals surface area (Å²) in [6.07, 6.45) is 5.27. The molecule has 0 fully saturated rings. The van der Waals surface area contributed by atoms with E-state index in [1.54, 1.807) is 0 Å². The highest BCUT2D eigenvalue weighted by molar-refractivity contribution is 4.66. The zero-order chi connectivity index (χ0) is 10.1. The number of hydrogen-bond donors (Lipinski definition) is 1. The third-order valence-electron chi connectivity index (χ3n) is 2.32. The number of hydrogen-bond acceptors (Lipinski definition) is 2. The molecule has 0 amide bonds. The van der Waals surface area contributed by atoms with Crippen molar-refractivity contribution in [2.75, 3.05) is 27.2 Å². The van der Waals surface area contributed by atoms with Crippen LogP contribution in [0.15, 0.2) is 0 Å². The first-order valence-electron chi connectivity index (χ1n) is 5.58. The highest BCUT2D eigenvalue weighted by Crippen LogP contribution is 2.04. The number of nitrogens with one attached hydrogen (secondary N) is 1. The van der Waals surface area contributed by atoms with Gasteiger partial charge in [-0.25, -0.2) is 0 Å². The van der Waals surface area contributed by atoms with Crippen molar-refractivity contribution in [1.82, 2.24) is 10.2 Å². The molecule has 13 heavy (non-hydrogen) atoms. The molecule has 0 saturated carbocycles. The maximum Gasteiger partial charge on any atom is 0.00791 e. The molecule has 0 aliphatic heterocycles. The Labute approximate surface area is 83.7 Å². The van der Waals surface area contributed by atoms with Gasteiger partial charge < -0.3 is 10.2 Å². The van der Waals surface area contributed by atoms with Crippen LogP contribution in [0.3, 0.4) is 0 Å². The molecule has 0 radical (unpaired) electrons. The van der Waals surface area contributed by atoms with Crippen molar-refractivity contribution < 1.29 is 0 Å². The minimum atomic E-state index is 0.729. The van der Waals surface area contributed by atoms with Crippen LogP contribution in [-0.2, 0) is 0 Å². The predicted octanol–water partition coefficient (Wildman–Crippen LogP) is 2.11. The maximum absolute atomic E-state index is 3.55. The van der Waals surface area contributed by atoms with E-state index >= 15 is 0 Å². The van der Waals surface area contributed by atoms with Gasteiger partial charge in [-0.1, -0.05) is 26.7 Å². The topological polar surface area (TPSA) is 15.3 Å². The molecule has 1 N–H and O–H groups in total. The molecule has 0 bridgehead atoms. The average molecular weight is 186 g/mol. The van der Waals surface area contributed by atoms with Crippen LogP contribution in [0, 0.1) is 0 Å². The van der Waals surface area contributed by atoms with E-state index in [4.69, 9.17) is 0 Å². The van der Waals surface area contributed by atoms with Crippen LogP contribution in [0.5, 0.6) is 0 Å². The van der Waals surface area contributed by atoms with Gasteiger partial charge in [0.1, 0.15) is 0 Å². The molecule has 0 aromatic rings. The Hall–Kier alpha value is -0.0800. The highest BCUT2D eigenvalue weighted by atomic mass is 15.1. The van der Waals surface area contributed by atoms with Crippen molar-refractivity contribution >= 4 is 0 Å². The van der Waals surface area contributed by atoms with Crippen molar-refractivity contribution in [2.24, 2.45) is 0 Å². The molecule has 1 unspecified atom stereocenters. The molecule has 0 aliphatic rings. The third kappa shape index (κ3) is 8.26. The molecule has 0 spiro atoms. The molecule has 2 nitrogen and oxygen atoms in total. The summed E-state index contributed by atoms with van der Waals surface area (Å²) in [4.78, 5) is 2.26. The molecule has 0 saturated heterocycles. The van der Waals surface area contributed by atoms with Gasteiger partial charge in [0.05, 0.1) is 0 Å². The Morgan fingerprint density at radius 3 is 2.31 bits per heavy atom. The first-order chi connectivity index (χ1) is 6.20. The standard InChI is InChI=1S/C11H26N2/c1-5-7-8-11(12-6-2)9-10-13(3)4/h11-12H,5-10H2,1-4H3. The zero-order valence-electron chi connectivity index (χ0n) is 9.77. The average Bonchev–Trinajstić information content (AvgIpc) is 2.09. The lowest BCUT2D eigenvalue weighted by Gasteiger charge is -2.19. The number of unbranched alkanes of at least 4 members (excludes halogenated alkanes) is 1. The summed E-state index contributed by atoms with van der Waals surface area (Å²) < 4.78 is 0. The van der Waals surface area contributed by atoms with Gasteiger partial charge in [-0.15, -0.1) is 0 Å². The number of rotatable bonds is 8. The second kappa shape index (κ2) is 8.52. The summed E-state index contributed by atoms with van der Waals surface area (Å²) in [7, 11) is 4.28. The van der Waals surface area contributed by atoms with Gasteiger partial charge in [-0.05, 0) is 40.0 Å². The minimum absolute atomic E-state index is 0.729. The van der Waals surface area contributed by atoms with Gasteiger partial charge in [0.15, 0.2) is 0 Å². The molecule has 80 valence electrons. The van der Waals surface area contributed by atoms with E-state index < -0.39 is 0 Å². The predicted molar refractivity (Wildman–Crippen MR) is 60.2 cm³/mol. The summed E-state index contributed by atoms with van der Waals surface area (Å²) >= 11 is 0. The Kier molecular flexibility index (Phi) is 8.46. The summed E-state index contributed by atoms with van der Waals surface area (Å²) in [6.45, 7) is 6.74. The normalized spacial score (nSPS) is 13.6. The van der Waals surface area contributed by atoms with E-state index in [-0.39, 0.29) is 0 Å². The lowest BCUT2D eigenvalue weighted by atomic mass is 10.1. The van der Waals surface area contributed by atoms with E-state index in [1.807, 2.05) is 0 Å². The molecule has 2 heteroatoms. The minimum Gasteiger partial charge on any atom is -0.314 e. The quantitative estimate of drug-likeness (QED) is 0.624. The first-order valence-corrected chi connectivity index (χ1v) is 5.58. The van der Waals surface area contributed by atoms with Crippen molar-refractivity contribution in [3.8, 4) is 0 Å². The Balaban J connectivity index is 3.53. The van der Waals surface area contributed by atoms with Gasteiger partial charge in [-0.2, -0.15) is 0 Å². The molecule has 0 heterocycles. The third-order valence-corrected chi connectivity index (χ3v) is 2.32. The van der Waals surface area contributed by atoms with E-state index in [0.717, 1.165) is 12.6 Å². The zero-order valence-corrected chi connectivity index (χ0v) is 9.77. The Morgan fingerprint density at radius 2 is 1.85 bits per heavy atom. The molecular formula is C11H26N2. The molecule has 0 aromatic heterocycles. The van der Waals surface area contributed by atoms with Crippen LogP contribution >= 0.6 is 0 Å². The largest absolute Gasteiger partial charge is 0.314 e. The van der Waals surface area contributed by atoms with E-state index in [0.29, 0.717) is 0 Å². The molecule has 0 rings (SSSR count). The molecule has 1 atom stereocenters. The van der Waals surface area contributed by atoms with Crippen LogP contribution < -0.4 is 5.32 Å². The maximum atomic E-state index is 3.55. The summed E-state index contributed by atoms with van der Waals surface area (Å²) in [6, 6.07) is 0.729. The Morgan fingerprint density at radius 1 is 1.15 bits per heavy atom. The van der Waals surface area contributed by atoms with E-state index in [9.17, 15) is 0 Å². The fraction of sp³-hybridized carbons (Fsp3) is 1.00. The van der Waals surface area contributed by atoms with E-state index in [2.05, 4.69) is 38.2 Å². The fourth-order valence-corrected chi connectivity index (χ4v) is 1.50. The van der Waals surface area contributed by atoms with Gasteiger partial charge in [-0.3, -0.25) is 0 Å². The van der Waals surface area contributed by atoms with Crippen LogP contribution in [0.4, 0.5) is 0 Å². The monoisotopic (exact) mass is 186 g/mol. The SMILES string of the molecule is CCCCC(CCN(C)C)NCC. The van der Waals surface area contributed by atoms with Gasteiger partial charge in [0.25, 0.3) is 0 Å². The van der Waals surface area contributed by atoms with Crippen LogP contribution in [0.25, 0.3) is 0 Å².